The number of carbonyl (C=O) groups is 1. The lowest BCUT2D eigenvalue weighted by Gasteiger charge is -2.29. The van der Waals surface area contributed by atoms with E-state index in [0.717, 1.165) is 30.1 Å². The molecule has 2 heterocycles. The van der Waals surface area contributed by atoms with Crippen LogP contribution < -0.4 is 4.90 Å². The van der Waals surface area contributed by atoms with E-state index >= 15 is 0 Å². The summed E-state index contributed by atoms with van der Waals surface area (Å²) in [4.78, 5) is 17.7. The second kappa shape index (κ2) is 5.58. The summed E-state index contributed by atoms with van der Waals surface area (Å²) in [6.45, 7) is 1.38. The Morgan fingerprint density at radius 1 is 1.35 bits per heavy atom. The zero-order valence-corrected chi connectivity index (χ0v) is 11.7. The van der Waals surface area contributed by atoms with Crippen molar-refractivity contribution in [2.45, 2.75) is 12.8 Å². The van der Waals surface area contributed by atoms with E-state index in [4.69, 9.17) is 5.11 Å². The molecule has 1 aromatic heterocycles. The van der Waals surface area contributed by atoms with Crippen LogP contribution in [0.2, 0.25) is 0 Å². The molecule has 3 rings (SSSR count). The molecule has 1 aromatic carbocycles. The summed E-state index contributed by atoms with van der Waals surface area (Å²) in [6.07, 6.45) is 1.63. The molecule has 0 bridgehead atoms. The van der Waals surface area contributed by atoms with Gasteiger partial charge in [-0.25, -0.2) is 0 Å². The minimum absolute atomic E-state index is 0.298. The van der Waals surface area contributed by atoms with Gasteiger partial charge in [0.2, 0.25) is 5.13 Å². The van der Waals surface area contributed by atoms with Crippen molar-refractivity contribution in [3.8, 4) is 11.4 Å². The number of carboxylic acid groups (broad SMARTS) is 1. The topological polar surface area (TPSA) is 66.3 Å². The maximum atomic E-state index is 11.1. The molecule has 6 heteroatoms. The molecule has 1 atom stereocenters. The zero-order chi connectivity index (χ0) is 13.9. The maximum Gasteiger partial charge on any atom is 0.308 e. The highest BCUT2D eigenvalue weighted by molar-refractivity contribution is 7.09. The van der Waals surface area contributed by atoms with Crippen LogP contribution >= 0.6 is 11.5 Å². The standard InChI is InChI=1S/C14H15N3O2S/c18-13(19)11-7-4-8-17(9-11)14-15-12(16-20-14)10-5-2-1-3-6-10/h1-3,5-6,11H,4,7-9H2,(H,18,19). The van der Waals surface area contributed by atoms with Crippen LogP contribution in [0.15, 0.2) is 30.3 Å². The van der Waals surface area contributed by atoms with Gasteiger partial charge in [-0.05, 0) is 12.8 Å². The van der Waals surface area contributed by atoms with E-state index < -0.39 is 5.97 Å². The summed E-state index contributed by atoms with van der Waals surface area (Å²) in [7, 11) is 0. The van der Waals surface area contributed by atoms with E-state index in [0.29, 0.717) is 12.4 Å². The first-order valence-electron chi connectivity index (χ1n) is 6.61. The molecule has 104 valence electrons. The molecule has 1 unspecified atom stereocenters. The van der Waals surface area contributed by atoms with Crippen molar-refractivity contribution in [2.24, 2.45) is 5.92 Å². The Labute approximate surface area is 121 Å². The lowest BCUT2D eigenvalue weighted by molar-refractivity contribution is -0.141. The Bertz CT molecular complexity index is 599. The van der Waals surface area contributed by atoms with Gasteiger partial charge in [-0.3, -0.25) is 4.79 Å². The Kier molecular flexibility index (Phi) is 3.64. The van der Waals surface area contributed by atoms with Crippen LogP contribution in [0.1, 0.15) is 12.8 Å². The third kappa shape index (κ3) is 2.65. The summed E-state index contributed by atoms with van der Waals surface area (Å²) in [5.41, 5.74) is 0.988. The lowest BCUT2D eigenvalue weighted by atomic mass is 9.99. The first-order chi connectivity index (χ1) is 9.74. The number of carboxylic acids is 1. The molecular weight excluding hydrogens is 274 g/mol. The molecule has 0 spiro atoms. The fourth-order valence-electron chi connectivity index (χ4n) is 2.40. The zero-order valence-electron chi connectivity index (χ0n) is 10.9. The van der Waals surface area contributed by atoms with Crippen LogP contribution in [-0.4, -0.2) is 33.5 Å². The van der Waals surface area contributed by atoms with Crippen molar-refractivity contribution >= 4 is 22.6 Å². The minimum Gasteiger partial charge on any atom is -0.481 e. The molecule has 0 saturated carbocycles. The highest BCUT2D eigenvalue weighted by Gasteiger charge is 2.27. The number of aliphatic carboxylic acids is 1. The van der Waals surface area contributed by atoms with E-state index in [1.807, 2.05) is 35.2 Å². The molecule has 1 aliphatic rings. The van der Waals surface area contributed by atoms with Crippen molar-refractivity contribution in [2.75, 3.05) is 18.0 Å². The first kappa shape index (κ1) is 13.1. The Morgan fingerprint density at radius 3 is 2.90 bits per heavy atom. The summed E-state index contributed by atoms with van der Waals surface area (Å²) in [5, 5.41) is 9.94. The largest absolute Gasteiger partial charge is 0.481 e. The third-order valence-electron chi connectivity index (χ3n) is 3.49. The van der Waals surface area contributed by atoms with Gasteiger partial charge < -0.3 is 10.0 Å². The van der Waals surface area contributed by atoms with E-state index in [1.165, 1.54) is 11.5 Å². The summed E-state index contributed by atoms with van der Waals surface area (Å²) in [5.74, 6) is -0.307. The second-order valence-electron chi connectivity index (χ2n) is 4.89. The number of anilines is 1. The molecule has 0 amide bonds. The normalized spacial score (nSPS) is 19.0. The van der Waals surface area contributed by atoms with Crippen LogP contribution in [0.3, 0.4) is 0 Å². The molecular formula is C14H15N3O2S. The van der Waals surface area contributed by atoms with Crippen molar-refractivity contribution < 1.29 is 9.90 Å². The summed E-state index contributed by atoms with van der Waals surface area (Å²) >= 11 is 1.34. The van der Waals surface area contributed by atoms with Crippen molar-refractivity contribution in [3.05, 3.63) is 30.3 Å². The molecule has 1 N–H and O–H groups in total. The Morgan fingerprint density at radius 2 is 2.15 bits per heavy atom. The highest BCUT2D eigenvalue weighted by Crippen LogP contribution is 2.27. The van der Waals surface area contributed by atoms with E-state index in [-0.39, 0.29) is 5.92 Å². The number of aromatic nitrogens is 2. The van der Waals surface area contributed by atoms with Gasteiger partial charge >= 0.3 is 5.97 Å². The van der Waals surface area contributed by atoms with Crippen LogP contribution in [0.5, 0.6) is 0 Å². The summed E-state index contributed by atoms with van der Waals surface area (Å²) < 4.78 is 4.37. The smallest absolute Gasteiger partial charge is 0.308 e. The predicted molar refractivity (Wildman–Crippen MR) is 77.9 cm³/mol. The van der Waals surface area contributed by atoms with Gasteiger partial charge in [0.25, 0.3) is 0 Å². The van der Waals surface area contributed by atoms with Crippen molar-refractivity contribution in [1.29, 1.82) is 0 Å². The SMILES string of the molecule is O=C(O)C1CCCN(c2nc(-c3ccccc3)ns2)C1. The third-order valence-corrected chi connectivity index (χ3v) is 4.27. The van der Waals surface area contributed by atoms with Gasteiger partial charge in [0.15, 0.2) is 5.82 Å². The molecule has 0 aliphatic carbocycles. The van der Waals surface area contributed by atoms with Crippen molar-refractivity contribution in [1.82, 2.24) is 9.36 Å². The van der Waals surface area contributed by atoms with Crippen LogP contribution in [-0.2, 0) is 4.79 Å². The minimum atomic E-state index is -0.720. The quantitative estimate of drug-likeness (QED) is 0.940. The van der Waals surface area contributed by atoms with Crippen LogP contribution in [0.25, 0.3) is 11.4 Å². The predicted octanol–water partition coefficient (Wildman–Crippen LogP) is 2.51. The maximum absolute atomic E-state index is 11.1. The Hall–Kier alpha value is -1.95. The monoisotopic (exact) mass is 289 g/mol. The summed E-state index contributed by atoms with van der Waals surface area (Å²) in [6, 6.07) is 9.82. The molecule has 1 aliphatic heterocycles. The molecule has 20 heavy (non-hydrogen) atoms. The fourth-order valence-corrected chi connectivity index (χ4v) is 3.12. The van der Waals surface area contributed by atoms with Gasteiger partial charge in [0.05, 0.1) is 5.92 Å². The molecule has 0 radical (unpaired) electrons. The molecule has 1 fully saturated rings. The average molecular weight is 289 g/mol. The van der Waals surface area contributed by atoms with E-state index in [2.05, 4.69) is 9.36 Å². The number of hydrogen-bond acceptors (Lipinski definition) is 5. The van der Waals surface area contributed by atoms with Gasteiger partial charge in [-0.2, -0.15) is 9.36 Å². The van der Waals surface area contributed by atoms with Crippen molar-refractivity contribution in [3.63, 3.8) is 0 Å². The highest BCUT2D eigenvalue weighted by atomic mass is 32.1. The number of benzene rings is 1. The molecule has 5 nitrogen and oxygen atoms in total. The van der Waals surface area contributed by atoms with E-state index in [1.54, 1.807) is 0 Å². The fraction of sp³-hybridized carbons (Fsp3) is 0.357. The molecule has 2 aromatic rings. The number of hydrogen-bond donors (Lipinski definition) is 1. The average Bonchev–Trinajstić information content (AvgIpc) is 2.98. The van der Waals surface area contributed by atoms with Gasteiger partial charge in [-0.1, -0.05) is 30.3 Å². The number of piperidine rings is 1. The van der Waals surface area contributed by atoms with Crippen LogP contribution in [0.4, 0.5) is 5.13 Å². The van der Waals surface area contributed by atoms with Crippen LogP contribution in [0, 0.1) is 5.92 Å². The Balaban J connectivity index is 1.78. The second-order valence-corrected chi connectivity index (χ2v) is 5.62. The van der Waals surface area contributed by atoms with Gasteiger partial charge in [0, 0.05) is 30.2 Å². The first-order valence-corrected chi connectivity index (χ1v) is 7.38. The van der Waals surface area contributed by atoms with Gasteiger partial charge in [-0.15, -0.1) is 0 Å². The number of nitrogens with zero attached hydrogens (tertiary/aromatic N) is 3. The number of rotatable bonds is 3. The van der Waals surface area contributed by atoms with Gasteiger partial charge in [0.1, 0.15) is 0 Å². The molecule has 1 saturated heterocycles. The van der Waals surface area contributed by atoms with E-state index in [9.17, 15) is 4.79 Å². The lowest BCUT2D eigenvalue weighted by Crippen LogP contribution is -2.38.